The predicted octanol–water partition coefficient (Wildman–Crippen LogP) is 2.85. The van der Waals surface area contributed by atoms with E-state index in [4.69, 9.17) is 5.73 Å². The molecule has 0 spiro atoms. The molecule has 0 radical (unpaired) electrons. The van der Waals surface area contributed by atoms with Crippen LogP contribution in [0.3, 0.4) is 0 Å². The number of fused-ring (bicyclic) bond motifs is 1. The van der Waals surface area contributed by atoms with E-state index in [0.717, 1.165) is 48.4 Å². The Labute approximate surface area is 270 Å². The monoisotopic (exact) mass is 639 g/mol. The van der Waals surface area contributed by atoms with Crippen molar-refractivity contribution in [1.82, 2.24) is 21.3 Å². The number of hydrogen-bond donors (Lipinski definition) is 6. The van der Waals surface area contributed by atoms with Crippen LogP contribution in [0.25, 0.3) is 10.8 Å². The van der Waals surface area contributed by atoms with E-state index in [0.29, 0.717) is 6.42 Å². The molecule has 12 nitrogen and oxygen atoms in total. The van der Waals surface area contributed by atoms with Gasteiger partial charge < -0.3 is 32.1 Å². The number of aliphatic carboxylic acids is 1. The van der Waals surface area contributed by atoms with Crippen molar-refractivity contribution in [1.29, 1.82) is 0 Å². The normalized spacial score (nSPS) is 13.0. The van der Waals surface area contributed by atoms with Gasteiger partial charge in [0.05, 0.1) is 12.8 Å². The van der Waals surface area contributed by atoms with Gasteiger partial charge in [0, 0.05) is 18.9 Å². The number of unbranched alkanes of at least 4 members (excludes halogenated alkanes) is 6. The Morgan fingerprint density at radius 2 is 1.26 bits per heavy atom. The lowest BCUT2D eigenvalue weighted by molar-refractivity contribution is -0.141. The van der Waals surface area contributed by atoms with Gasteiger partial charge in [-0.05, 0) is 36.6 Å². The van der Waals surface area contributed by atoms with Crippen LogP contribution in [-0.4, -0.2) is 64.8 Å². The summed E-state index contributed by atoms with van der Waals surface area (Å²) in [4.78, 5) is 75.7. The summed E-state index contributed by atoms with van der Waals surface area (Å²) < 4.78 is 0. The first kappa shape index (κ1) is 37.7. The van der Waals surface area contributed by atoms with Crippen molar-refractivity contribution in [2.45, 2.75) is 116 Å². The maximum atomic E-state index is 13.6. The highest BCUT2D eigenvalue weighted by molar-refractivity contribution is 5.97. The summed E-state index contributed by atoms with van der Waals surface area (Å²) in [6.45, 7) is 5.50. The molecular formula is C34H49N5O7. The van der Waals surface area contributed by atoms with E-state index in [-0.39, 0.29) is 24.8 Å². The number of nitrogens with one attached hydrogen (secondary N) is 4. The molecular weight excluding hydrogens is 590 g/mol. The number of carbonyl (C=O) groups excluding carboxylic acids is 5. The van der Waals surface area contributed by atoms with Crippen LogP contribution in [0.15, 0.2) is 42.5 Å². The van der Waals surface area contributed by atoms with Gasteiger partial charge in [0.15, 0.2) is 0 Å². The quantitative estimate of drug-likeness (QED) is 0.113. The molecule has 0 saturated carbocycles. The molecule has 2 rings (SSSR count). The van der Waals surface area contributed by atoms with Gasteiger partial charge >= 0.3 is 5.97 Å². The van der Waals surface area contributed by atoms with E-state index in [1.54, 1.807) is 13.8 Å². The van der Waals surface area contributed by atoms with Crippen molar-refractivity contribution in [3.8, 4) is 0 Å². The third-order valence-electron chi connectivity index (χ3n) is 7.39. The van der Waals surface area contributed by atoms with E-state index >= 15 is 0 Å². The van der Waals surface area contributed by atoms with Crippen LogP contribution in [0, 0.1) is 0 Å². The molecule has 12 heteroatoms. The number of primary amides is 1. The lowest BCUT2D eigenvalue weighted by Gasteiger charge is -2.25. The fourth-order valence-electron chi connectivity index (χ4n) is 5.04. The Hall–Kier alpha value is -4.48. The third kappa shape index (κ3) is 14.1. The van der Waals surface area contributed by atoms with E-state index in [9.17, 15) is 33.9 Å². The van der Waals surface area contributed by atoms with E-state index in [2.05, 4.69) is 28.2 Å². The molecule has 0 aliphatic heterocycles. The van der Waals surface area contributed by atoms with Crippen molar-refractivity contribution in [3.05, 3.63) is 48.0 Å². The smallest absolute Gasteiger partial charge is 0.305 e. The summed E-state index contributed by atoms with van der Waals surface area (Å²) in [6.07, 6.45) is 6.18. The summed E-state index contributed by atoms with van der Waals surface area (Å²) in [6, 6.07) is 8.96. The number of carboxylic acids is 1. The maximum Gasteiger partial charge on any atom is 0.305 e. The molecule has 252 valence electrons. The zero-order chi connectivity index (χ0) is 34.1. The molecule has 0 saturated heterocycles. The molecule has 3 atom stereocenters. The van der Waals surface area contributed by atoms with Crippen LogP contribution < -0.4 is 27.0 Å². The molecule has 0 aliphatic carbocycles. The number of hydrogen-bond acceptors (Lipinski definition) is 6. The standard InChI is InChI=1S/C34H49N5O7/c1-4-5-6-7-8-9-10-15-30(41)37-26(19-23-16-17-24-13-11-12-14-25(24)18-23)33(45)38-27(20-29(35)40)34(46)39-28(21-31(42)43)32(44)36-22(2)3/h11-14,16-18,22,26-28H,4-10,15,19-21H2,1-3H3,(H2,35,40)(H,36,44)(H,37,41)(H,38,45)(H,39,46)(H,42,43). The number of carbonyl (C=O) groups is 6. The highest BCUT2D eigenvalue weighted by atomic mass is 16.4. The van der Waals surface area contributed by atoms with E-state index < -0.39 is 60.6 Å². The molecule has 2 aromatic rings. The molecule has 0 aliphatic rings. The lowest BCUT2D eigenvalue weighted by atomic mass is 10.00. The average molecular weight is 640 g/mol. The third-order valence-corrected chi connectivity index (χ3v) is 7.39. The average Bonchev–Trinajstić information content (AvgIpc) is 2.98. The van der Waals surface area contributed by atoms with Crippen LogP contribution in [0.2, 0.25) is 0 Å². The summed E-state index contributed by atoms with van der Waals surface area (Å²) in [5.41, 5.74) is 6.13. The van der Waals surface area contributed by atoms with Crippen LogP contribution in [0.1, 0.15) is 90.5 Å². The topological polar surface area (TPSA) is 197 Å². The maximum absolute atomic E-state index is 13.6. The van der Waals surface area contributed by atoms with Crippen molar-refractivity contribution in [3.63, 3.8) is 0 Å². The van der Waals surface area contributed by atoms with Crippen LogP contribution in [-0.2, 0) is 35.2 Å². The minimum absolute atomic E-state index is 0.1000. The first-order valence-electron chi connectivity index (χ1n) is 16.1. The van der Waals surface area contributed by atoms with Gasteiger partial charge in [-0.2, -0.15) is 0 Å². The Morgan fingerprint density at radius 3 is 1.87 bits per heavy atom. The SMILES string of the molecule is CCCCCCCCCC(=O)NC(Cc1ccc2ccccc2c1)C(=O)NC(CC(N)=O)C(=O)NC(CC(=O)O)C(=O)NC(C)C. The Bertz CT molecular complexity index is 1350. The molecule has 5 amide bonds. The highest BCUT2D eigenvalue weighted by Gasteiger charge is 2.32. The Balaban J connectivity index is 2.22. The number of nitrogens with two attached hydrogens (primary N) is 1. The largest absolute Gasteiger partial charge is 0.481 e. The first-order chi connectivity index (χ1) is 21.9. The summed E-state index contributed by atoms with van der Waals surface area (Å²) in [5.74, 6) is -4.99. The van der Waals surface area contributed by atoms with Gasteiger partial charge in [0.25, 0.3) is 0 Å². The van der Waals surface area contributed by atoms with Gasteiger partial charge in [-0.25, -0.2) is 0 Å². The minimum Gasteiger partial charge on any atom is -0.481 e. The highest BCUT2D eigenvalue weighted by Crippen LogP contribution is 2.17. The number of rotatable bonds is 21. The Morgan fingerprint density at radius 1 is 0.696 bits per heavy atom. The van der Waals surface area contributed by atoms with Gasteiger partial charge in [0.1, 0.15) is 18.1 Å². The first-order valence-corrected chi connectivity index (χ1v) is 16.1. The van der Waals surface area contributed by atoms with Crippen molar-refractivity contribution in [2.75, 3.05) is 0 Å². The fourth-order valence-corrected chi connectivity index (χ4v) is 5.04. The van der Waals surface area contributed by atoms with E-state index in [1.807, 2.05) is 42.5 Å². The molecule has 0 bridgehead atoms. The molecule has 3 unspecified atom stereocenters. The number of benzene rings is 2. The molecule has 46 heavy (non-hydrogen) atoms. The van der Waals surface area contributed by atoms with Crippen molar-refractivity contribution < 1.29 is 33.9 Å². The van der Waals surface area contributed by atoms with Crippen LogP contribution in [0.4, 0.5) is 0 Å². The van der Waals surface area contributed by atoms with Crippen molar-refractivity contribution in [2.24, 2.45) is 5.73 Å². The number of carboxylic acid groups (broad SMARTS) is 1. The minimum atomic E-state index is -1.52. The fraction of sp³-hybridized carbons (Fsp3) is 0.529. The second-order valence-electron chi connectivity index (χ2n) is 11.9. The lowest BCUT2D eigenvalue weighted by Crippen LogP contribution is -2.58. The van der Waals surface area contributed by atoms with Gasteiger partial charge in [-0.3, -0.25) is 28.8 Å². The van der Waals surface area contributed by atoms with Crippen LogP contribution >= 0.6 is 0 Å². The van der Waals surface area contributed by atoms with Crippen molar-refractivity contribution >= 4 is 46.3 Å². The summed E-state index contributed by atoms with van der Waals surface area (Å²) in [7, 11) is 0. The Kier molecular flexibility index (Phi) is 16.2. The van der Waals surface area contributed by atoms with Crippen LogP contribution in [0.5, 0.6) is 0 Å². The second-order valence-corrected chi connectivity index (χ2v) is 11.9. The molecule has 0 heterocycles. The summed E-state index contributed by atoms with van der Waals surface area (Å²) >= 11 is 0. The summed E-state index contributed by atoms with van der Waals surface area (Å²) in [5, 5.41) is 21.4. The van der Waals surface area contributed by atoms with Gasteiger partial charge in [-0.1, -0.05) is 87.9 Å². The zero-order valence-electron chi connectivity index (χ0n) is 27.1. The van der Waals surface area contributed by atoms with E-state index in [1.165, 1.54) is 6.42 Å². The van der Waals surface area contributed by atoms with Gasteiger partial charge in [0.2, 0.25) is 29.5 Å². The van der Waals surface area contributed by atoms with Gasteiger partial charge in [-0.15, -0.1) is 0 Å². The molecule has 2 aromatic carbocycles. The zero-order valence-corrected chi connectivity index (χ0v) is 27.1. The predicted molar refractivity (Wildman–Crippen MR) is 175 cm³/mol. The molecule has 0 aromatic heterocycles. The molecule has 7 N–H and O–H groups in total. The second kappa shape index (κ2) is 19.8. The molecule has 0 fully saturated rings. The number of amides is 5.